The molecule has 0 saturated carbocycles. The van der Waals surface area contributed by atoms with Crippen LogP contribution in [-0.2, 0) is 6.54 Å². The van der Waals surface area contributed by atoms with Crippen LogP contribution in [0.4, 0.5) is 8.78 Å². The lowest BCUT2D eigenvalue weighted by atomic mass is 10.1. The molecule has 0 atom stereocenters. The first-order valence-corrected chi connectivity index (χ1v) is 6.93. The highest BCUT2D eigenvalue weighted by atomic mass is 19.1. The van der Waals surface area contributed by atoms with Crippen LogP contribution in [0, 0.1) is 17.6 Å². The first kappa shape index (κ1) is 15.9. The molecule has 1 rings (SSSR count). The summed E-state index contributed by atoms with van der Waals surface area (Å²) < 4.78 is 32.9. The van der Waals surface area contributed by atoms with Crippen molar-refractivity contribution in [3.8, 4) is 5.75 Å². The van der Waals surface area contributed by atoms with Gasteiger partial charge in [-0.05, 0) is 30.2 Å². The van der Waals surface area contributed by atoms with E-state index in [0.29, 0.717) is 24.6 Å². The second-order valence-corrected chi connectivity index (χ2v) is 4.66. The molecule has 19 heavy (non-hydrogen) atoms. The Kier molecular flexibility index (Phi) is 6.78. The van der Waals surface area contributed by atoms with E-state index in [1.54, 1.807) is 0 Å². The summed E-state index contributed by atoms with van der Waals surface area (Å²) >= 11 is 0. The molecule has 0 radical (unpaired) electrons. The van der Waals surface area contributed by atoms with E-state index in [0.717, 1.165) is 19.4 Å². The van der Waals surface area contributed by atoms with Crippen molar-refractivity contribution in [1.82, 2.24) is 5.32 Å². The van der Waals surface area contributed by atoms with Crippen LogP contribution >= 0.6 is 0 Å². The lowest BCUT2D eigenvalue weighted by Gasteiger charge is -2.15. The molecule has 1 N–H and O–H groups in total. The van der Waals surface area contributed by atoms with E-state index in [9.17, 15) is 8.78 Å². The maximum absolute atomic E-state index is 13.8. The van der Waals surface area contributed by atoms with Gasteiger partial charge in [0, 0.05) is 6.54 Å². The summed E-state index contributed by atoms with van der Waals surface area (Å²) in [6, 6.07) is 2.65. The number of hydrogen-bond acceptors (Lipinski definition) is 2. The molecule has 0 spiro atoms. The molecule has 0 aromatic heterocycles. The quantitative estimate of drug-likeness (QED) is 0.774. The molecule has 0 bridgehead atoms. The number of hydrogen-bond donors (Lipinski definition) is 1. The van der Waals surface area contributed by atoms with Crippen molar-refractivity contribution in [3.05, 3.63) is 29.3 Å². The average Bonchev–Trinajstić information content (AvgIpc) is 2.40. The highest BCUT2D eigenvalue weighted by molar-refractivity contribution is 5.31. The lowest BCUT2D eigenvalue weighted by molar-refractivity contribution is 0.221. The third-order valence-electron chi connectivity index (χ3n) is 3.26. The second-order valence-electron chi connectivity index (χ2n) is 4.66. The molecular weight excluding hydrogens is 248 g/mol. The van der Waals surface area contributed by atoms with E-state index >= 15 is 0 Å². The van der Waals surface area contributed by atoms with Crippen LogP contribution < -0.4 is 10.1 Å². The predicted molar refractivity (Wildman–Crippen MR) is 73.3 cm³/mol. The molecule has 1 aromatic carbocycles. The summed E-state index contributed by atoms with van der Waals surface area (Å²) in [5, 5.41) is 3.03. The van der Waals surface area contributed by atoms with Gasteiger partial charge in [0.15, 0.2) is 17.4 Å². The van der Waals surface area contributed by atoms with Gasteiger partial charge in [-0.3, -0.25) is 0 Å². The zero-order valence-electron chi connectivity index (χ0n) is 11.9. The van der Waals surface area contributed by atoms with Gasteiger partial charge >= 0.3 is 0 Å². The topological polar surface area (TPSA) is 21.3 Å². The predicted octanol–water partition coefficient (Wildman–Crippen LogP) is 3.89. The van der Waals surface area contributed by atoms with Gasteiger partial charge in [-0.25, -0.2) is 8.78 Å². The SMILES string of the molecule is CCNCc1cc(F)c(OCC(CC)CC)c(F)c1. The fourth-order valence-corrected chi connectivity index (χ4v) is 1.85. The molecule has 0 aliphatic heterocycles. The molecule has 0 unspecified atom stereocenters. The highest BCUT2D eigenvalue weighted by Gasteiger charge is 2.14. The smallest absolute Gasteiger partial charge is 0.190 e. The minimum Gasteiger partial charge on any atom is -0.487 e. The van der Waals surface area contributed by atoms with Gasteiger partial charge < -0.3 is 10.1 Å². The largest absolute Gasteiger partial charge is 0.487 e. The molecule has 108 valence electrons. The summed E-state index contributed by atoms with van der Waals surface area (Å²) in [5.41, 5.74) is 0.590. The van der Waals surface area contributed by atoms with Crippen molar-refractivity contribution in [1.29, 1.82) is 0 Å². The van der Waals surface area contributed by atoms with Crippen LogP contribution in [0.15, 0.2) is 12.1 Å². The normalized spacial score (nSPS) is 11.1. The summed E-state index contributed by atoms with van der Waals surface area (Å²) in [6.45, 7) is 7.61. The van der Waals surface area contributed by atoms with E-state index in [1.165, 1.54) is 12.1 Å². The van der Waals surface area contributed by atoms with Crippen molar-refractivity contribution in [3.63, 3.8) is 0 Å². The van der Waals surface area contributed by atoms with Gasteiger partial charge in [0.25, 0.3) is 0 Å². The average molecular weight is 271 g/mol. The van der Waals surface area contributed by atoms with Gasteiger partial charge in [0.2, 0.25) is 0 Å². The molecular formula is C15H23F2NO. The number of halogens is 2. The Morgan fingerprint density at radius 2 is 1.68 bits per heavy atom. The Labute approximate surface area is 114 Å². The first-order chi connectivity index (χ1) is 9.12. The summed E-state index contributed by atoms with van der Waals surface area (Å²) in [7, 11) is 0. The molecule has 0 aliphatic rings. The van der Waals surface area contributed by atoms with E-state index in [-0.39, 0.29) is 5.75 Å². The zero-order chi connectivity index (χ0) is 14.3. The van der Waals surface area contributed by atoms with Crippen molar-refractivity contribution in [2.75, 3.05) is 13.2 Å². The number of nitrogens with one attached hydrogen (secondary N) is 1. The van der Waals surface area contributed by atoms with Gasteiger partial charge in [-0.1, -0.05) is 33.6 Å². The third-order valence-corrected chi connectivity index (χ3v) is 3.26. The standard InChI is InChI=1S/C15H23F2NO/c1-4-11(5-2)10-19-15-13(16)7-12(8-14(15)17)9-18-6-3/h7-8,11,18H,4-6,9-10H2,1-3H3. The monoisotopic (exact) mass is 271 g/mol. The molecule has 0 amide bonds. The maximum atomic E-state index is 13.8. The Morgan fingerprint density at radius 3 is 2.16 bits per heavy atom. The van der Waals surface area contributed by atoms with Crippen molar-refractivity contribution < 1.29 is 13.5 Å². The molecule has 1 aromatic rings. The number of benzene rings is 1. The van der Waals surface area contributed by atoms with Gasteiger partial charge in [-0.15, -0.1) is 0 Å². The van der Waals surface area contributed by atoms with Gasteiger partial charge in [0.1, 0.15) is 0 Å². The Hall–Kier alpha value is -1.16. The van der Waals surface area contributed by atoms with Crippen LogP contribution in [0.25, 0.3) is 0 Å². The maximum Gasteiger partial charge on any atom is 0.190 e. The third kappa shape index (κ3) is 4.78. The molecule has 0 heterocycles. The van der Waals surface area contributed by atoms with E-state index in [2.05, 4.69) is 5.32 Å². The van der Waals surface area contributed by atoms with Gasteiger partial charge in [0.05, 0.1) is 6.61 Å². The lowest BCUT2D eigenvalue weighted by Crippen LogP contribution is -2.14. The zero-order valence-corrected chi connectivity index (χ0v) is 11.9. The van der Waals surface area contributed by atoms with Crippen LogP contribution in [0.5, 0.6) is 5.75 Å². The van der Waals surface area contributed by atoms with Crippen molar-refractivity contribution in [2.24, 2.45) is 5.92 Å². The highest BCUT2D eigenvalue weighted by Crippen LogP contribution is 2.24. The molecule has 2 nitrogen and oxygen atoms in total. The number of ether oxygens (including phenoxy) is 1. The van der Waals surface area contributed by atoms with Crippen LogP contribution in [0.2, 0.25) is 0 Å². The van der Waals surface area contributed by atoms with E-state index in [4.69, 9.17) is 4.74 Å². The Morgan fingerprint density at radius 1 is 1.11 bits per heavy atom. The van der Waals surface area contributed by atoms with Crippen LogP contribution in [0.1, 0.15) is 39.2 Å². The van der Waals surface area contributed by atoms with Crippen molar-refractivity contribution >= 4 is 0 Å². The molecule has 0 saturated heterocycles. The molecule has 0 fully saturated rings. The number of rotatable bonds is 8. The summed E-state index contributed by atoms with van der Waals surface area (Å²) in [4.78, 5) is 0. The summed E-state index contributed by atoms with van der Waals surface area (Å²) in [5.74, 6) is -1.18. The summed E-state index contributed by atoms with van der Waals surface area (Å²) in [6.07, 6.45) is 1.89. The minimum atomic E-state index is -0.626. The minimum absolute atomic E-state index is 0.257. The Bertz CT molecular complexity index is 369. The van der Waals surface area contributed by atoms with Crippen LogP contribution in [0.3, 0.4) is 0 Å². The fourth-order valence-electron chi connectivity index (χ4n) is 1.85. The molecule has 0 aliphatic carbocycles. The van der Waals surface area contributed by atoms with Crippen molar-refractivity contribution in [2.45, 2.75) is 40.2 Å². The Balaban J connectivity index is 2.73. The van der Waals surface area contributed by atoms with Crippen LogP contribution in [-0.4, -0.2) is 13.2 Å². The van der Waals surface area contributed by atoms with Gasteiger partial charge in [-0.2, -0.15) is 0 Å². The first-order valence-electron chi connectivity index (χ1n) is 6.93. The van der Waals surface area contributed by atoms with E-state index in [1.807, 2.05) is 20.8 Å². The van der Waals surface area contributed by atoms with E-state index < -0.39 is 11.6 Å². The molecule has 4 heteroatoms. The fraction of sp³-hybridized carbons (Fsp3) is 0.600. The second kappa shape index (κ2) is 8.10.